The number of rotatable bonds is 5. The van der Waals surface area contributed by atoms with Gasteiger partial charge in [0.05, 0.1) is 23.0 Å². The fourth-order valence-corrected chi connectivity index (χ4v) is 2.07. The lowest BCUT2D eigenvalue weighted by Crippen LogP contribution is -2.13. The van der Waals surface area contributed by atoms with E-state index < -0.39 is 6.10 Å². The van der Waals surface area contributed by atoms with E-state index in [9.17, 15) is 5.11 Å². The zero-order valence-electron chi connectivity index (χ0n) is 11.2. The molecule has 0 fully saturated rings. The van der Waals surface area contributed by atoms with Crippen molar-refractivity contribution in [3.05, 3.63) is 16.9 Å². The summed E-state index contributed by atoms with van der Waals surface area (Å²) in [6, 6.07) is 0. The molecule has 1 aromatic heterocycles. The summed E-state index contributed by atoms with van der Waals surface area (Å²) in [5, 5.41) is 15.0. The standard InChI is InChI=1S/C13H23ClN2O/c1-5-8-16-12(10(14)9-15-16)11(17)6-7-13(2,3)4/h9,11,17H,5-8H2,1-4H3. The van der Waals surface area contributed by atoms with Gasteiger partial charge in [-0.05, 0) is 24.7 Å². The van der Waals surface area contributed by atoms with Crippen LogP contribution in [0.4, 0.5) is 0 Å². The number of aliphatic hydroxyl groups is 1. The Morgan fingerprint density at radius 2 is 2.12 bits per heavy atom. The van der Waals surface area contributed by atoms with Crippen molar-refractivity contribution in [3.8, 4) is 0 Å². The Morgan fingerprint density at radius 3 is 2.65 bits per heavy atom. The van der Waals surface area contributed by atoms with Crippen LogP contribution in [0.1, 0.15) is 58.8 Å². The molecule has 0 aliphatic rings. The van der Waals surface area contributed by atoms with E-state index >= 15 is 0 Å². The van der Waals surface area contributed by atoms with Crippen molar-refractivity contribution in [2.45, 2.75) is 59.6 Å². The van der Waals surface area contributed by atoms with Crippen LogP contribution in [0, 0.1) is 5.41 Å². The molecule has 0 saturated heterocycles. The molecular formula is C13H23ClN2O. The Balaban J connectivity index is 2.73. The summed E-state index contributed by atoms with van der Waals surface area (Å²) in [4.78, 5) is 0. The van der Waals surface area contributed by atoms with E-state index in [-0.39, 0.29) is 5.41 Å². The van der Waals surface area contributed by atoms with Gasteiger partial charge in [-0.15, -0.1) is 0 Å². The first-order valence-corrected chi connectivity index (χ1v) is 6.62. The van der Waals surface area contributed by atoms with Gasteiger partial charge >= 0.3 is 0 Å². The normalized spacial score (nSPS) is 14.0. The van der Waals surface area contributed by atoms with Crippen molar-refractivity contribution < 1.29 is 5.11 Å². The molecule has 1 unspecified atom stereocenters. The minimum atomic E-state index is -0.518. The first-order valence-electron chi connectivity index (χ1n) is 6.24. The number of nitrogens with zero attached hydrogens (tertiary/aromatic N) is 2. The number of hydrogen-bond acceptors (Lipinski definition) is 2. The van der Waals surface area contributed by atoms with E-state index in [4.69, 9.17) is 11.6 Å². The summed E-state index contributed by atoms with van der Waals surface area (Å²) in [6.45, 7) is 9.40. The molecule has 1 rings (SSSR count). The van der Waals surface area contributed by atoms with Gasteiger partial charge in [0.25, 0.3) is 0 Å². The molecule has 1 heterocycles. The van der Waals surface area contributed by atoms with Crippen molar-refractivity contribution >= 4 is 11.6 Å². The van der Waals surface area contributed by atoms with Gasteiger partial charge in [0, 0.05) is 6.54 Å². The highest BCUT2D eigenvalue weighted by Crippen LogP contribution is 2.30. The molecular weight excluding hydrogens is 236 g/mol. The summed E-state index contributed by atoms with van der Waals surface area (Å²) in [6.07, 6.45) is 3.76. The van der Waals surface area contributed by atoms with Gasteiger partial charge < -0.3 is 5.11 Å². The number of aliphatic hydroxyl groups excluding tert-OH is 1. The Bertz CT molecular complexity index is 355. The highest BCUT2D eigenvalue weighted by atomic mass is 35.5. The lowest BCUT2D eigenvalue weighted by atomic mass is 9.89. The molecule has 0 aliphatic carbocycles. The molecule has 1 N–H and O–H groups in total. The van der Waals surface area contributed by atoms with E-state index in [1.165, 1.54) is 0 Å². The number of aryl methyl sites for hydroxylation is 1. The van der Waals surface area contributed by atoms with Gasteiger partial charge in [0.2, 0.25) is 0 Å². The summed E-state index contributed by atoms with van der Waals surface area (Å²) in [7, 11) is 0. The van der Waals surface area contributed by atoms with Crippen molar-refractivity contribution in [1.82, 2.24) is 9.78 Å². The fraction of sp³-hybridized carbons (Fsp3) is 0.769. The number of aromatic nitrogens is 2. The van der Waals surface area contributed by atoms with Crippen LogP contribution in [0.3, 0.4) is 0 Å². The van der Waals surface area contributed by atoms with Crippen LogP contribution in [-0.4, -0.2) is 14.9 Å². The van der Waals surface area contributed by atoms with Crippen LogP contribution in [0.5, 0.6) is 0 Å². The van der Waals surface area contributed by atoms with Crippen LogP contribution in [0.25, 0.3) is 0 Å². The third-order valence-electron chi connectivity index (χ3n) is 2.75. The minimum absolute atomic E-state index is 0.225. The Morgan fingerprint density at radius 1 is 1.47 bits per heavy atom. The zero-order chi connectivity index (χ0) is 13.1. The summed E-state index contributed by atoms with van der Waals surface area (Å²) >= 11 is 6.08. The summed E-state index contributed by atoms with van der Waals surface area (Å²) < 4.78 is 1.82. The van der Waals surface area contributed by atoms with E-state index in [0.29, 0.717) is 5.02 Å². The maximum atomic E-state index is 10.2. The lowest BCUT2D eigenvalue weighted by molar-refractivity contribution is 0.138. The van der Waals surface area contributed by atoms with Crippen molar-refractivity contribution in [1.29, 1.82) is 0 Å². The first-order chi connectivity index (χ1) is 7.85. The van der Waals surface area contributed by atoms with Crippen LogP contribution >= 0.6 is 11.6 Å². The Labute approximate surface area is 109 Å². The van der Waals surface area contributed by atoms with Gasteiger partial charge in [0.1, 0.15) is 0 Å². The van der Waals surface area contributed by atoms with Gasteiger partial charge in [-0.25, -0.2) is 0 Å². The second-order valence-corrected chi connectivity index (χ2v) is 6.12. The topological polar surface area (TPSA) is 38.0 Å². The second kappa shape index (κ2) is 5.87. The molecule has 1 atom stereocenters. The number of hydrogen-bond donors (Lipinski definition) is 1. The van der Waals surface area contributed by atoms with E-state index in [2.05, 4.69) is 32.8 Å². The molecule has 4 heteroatoms. The zero-order valence-corrected chi connectivity index (χ0v) is 12.0. The molecule has 98 valence electrons. The maximum Gasteiger partial charge on any atom is 0.0972 e. The second-order valence-electron chi connectivity index (χ2n) is 5.72. The Kier molecular flexibility index (Phi) is 5.02. The summed E-state index contributed by atoms with van der Waals surface area (Å²) in [5.41, 5.74) is 0.987. The van der Waals surface area contributed by atoms with Gasteiger partial charge in [-0.1, -0.05) is 39.3 Å². The molecule has 3 nitrogen and oxygen atoms in total. The van der Waals surface area contributed by atoms with Crippen LogP contribution in [0.2, 0.25) is 5.02 Å². The lowest BCUT2D eigenvalue weighted by Gasteiger charge is -2.21. The van der Waals surface area contributed by atoms with Gasteiger partial charge in [-0.3, -0.25) is 4.68 Å². The molecule has 0 aromatic carbocycles. The van der Waals surface area contributed by atoms with E-state index in [1.54, 1.807) is 6.20 Å². The van der Waals surface area contributed by atoms with Crippen molar-refractivity contribution in [2.75, 3.05) is 0 Å². The molecule has 0 spiro atoms. The van der Waals surface area contributed by atoms with Crippen LogP contribution in [-0.2, 0) is 6.54 Å². The summed E-state index contributed by atoms with van der Waals surface area (Å²) in [5.74, 6) is 0. The van der Waals surface area contributed by atoms with E-state index in [0.717, 1.165) is 31.5 Å². The third-order valence-corrected chi connectivity index (χ3v) is 3.04. The molecule has 0 saturated carbocycles. The molecule has 0 bridgehead atoms. The predicted molar refractivity (Wildman–Crippen MR) is 71.2 cm³/mol. The van der Waals surface area contributed by atoms with Crippen molar-refractivity contribution in [3.63, 3.8) is 0 Å². The SMILES string of the molecule is CCCn1ncc(Cl)c1C(O)CCC(C)(C)C. The minimum Gasteiger partial charge on any atom is -0.387 e. The quantitative estimate of drug-likeness (QED) is 0.872. The van der Waals surface area contributed by atoms with Crippen LogP contribution in [0.15, 0.2) is 6.20 Å². The predicted octanol–water partition coefficient (Wildman–Crippen LogP) is 3.81. The average Bonchev–Trinajstić information content (AvgIpc) is 2.56. The van der Waals surface area contributed by atoms with Gasteiger partial charge in [0.15, 0.2) is 0 Å². The Hall–Kier alpha value is -0.540. The largest absolute Gasteiger partial charge is 0.387 e. The molecule has 1 aromatic rings. The first kappa shape index (κ1) is 14.5. The average molecular weight is 259 g/mol. The van der Waals surface area contributed by atoms with E-state index in [1.807, 2.05) is 4.68 Å². The molecule has 0 radical (unpaired) electrons. The third kappa shape index (κ3) is 4.32. The highest BCUT2D eigenvalue weighted by Gasteiger charge is 2.20. The molecule has 0 amide bonds. The molecule has 17 heavy (non-hydrogen) atoms. The highest BCUT2D eigenvalue weighted by molar-refractivity contribution is 6.31. The smallest absolute Gasteiger partial charge is 0.0972 e. The number of halogens is 1. The monoisotopic (exact) mass is 258 g/mol. The fourth-order valence-electron chi connectivity index (χ4n) is 1.80. The van der Waals surface area contributed by atoms with Crippen LogP contribution < -0.4 is 0 Å². The maximum absolute atomic E-state index is 10.2. The van der Waals surface area contributed by atoms with Crippen molar-refractivity contribution in [2.24, 2.45) is 5.41 Å². The molecule has 0 aliphatic heterocycles. The van der Waals surface area contributed by atoms with Gasteiger partial charge in [-0.2, -0.15) is 5.10 Å².